The van der Waals surface area contributed by atoms with Gasteiger partial charge in [0.2, 0.25) is 0 Å². The maximum absolute atomic E-state index is 13.0. The molecule has 0 bridgehead atoms. The molecule has 0 radical (unpaired) electrons. The van der Waals surface area contributed by atoms with Crippen LogP contribution in [0.4, 0.5) is 10.2 Å². The molecule has 0 aliphatic rings. The van der Waals surface area contributed by atoms with E-state index in [2.05, 4.69) is 25.8 Å². The minimum atomic E-state index is -0.221. The molecule has 0 unspecified atom stereocenters. The highest BCUT2D eigenvalue weighted by Gasteiger charge is 2.03. The van der Waals surface area contributed by atoms with E-state index < -0.39 is 0 Å². The number of rotatable bonds is 4. The van der Waals surface area contributed by atoms with Crippen LogP contribution in [-0.2, 0) is 6.42 Å². The fourth-order valence-electron chi connectivity index (χ4n) is 1.82. The highest BCUT2D eigenvalue weighted by Crippen LogP contribution is 2.07. The molecule has 19 heavy (non-hydrogen) atoms. The van der Waals surface area contributed by atoms with E-state index in [1.807, 2.05) is 6.07 Å². The standard InChI is InChI=1S/C12H11FN6/c13-10-3-1-2-9(6-10)4-5-15-11-7-14-8-12-16-17-18-19(11)12/h1-3,6-8,15H,4-5H2. The van der Waals surface area contributed by atoms with Crippen molar-refractivity contribution in [1.82, 2.24) is 25.0 Å². The molecule has 6 nitrogen and oxygen atoms in total. The number of anilines is 1. The van der Waals surface area contributed by atoms with Crippen LogP contribution in [0, 0.1) is 5.82 Å². The van der Waals surface area contributed by atoms with Gasteiger partial charge in [0, 0.05) is 6.54 Å². The highest BCUT2D eigenvalue weighted by atomic mass is 19.1. The number of fused-ring (bicyclic) bond motifs is 1. The van der Waals surface area contributed by atoms with Crippen molar-refractivity contribution in [3.05, 3.63) is 48.0 Å². The van der Waals surface area contributed by atoms with Crippen LogP contribution in [0.1, 0.15) is 5.56 Å². The molecule has 7 heteroatoms. The van der Waals surface area contributed by atoms with Crippen LogP contribution in [0.15, 0.2) is 36.7 Å². The predicted molar refractivity (Wildman–Crippen MR) is 67.2 cm³/mol. The maximum Gasteiger partial charge on any atom is 0.199 e. The second-order valence-corrected chi connectivity index (χ2v) is 4.05. The molecule has 96 valence electrons. The van der Waals surface area contributed by atoms with Gasteiger partial charge in [-0.15, -0.1) is 5.10 Å². The van der Waals surface area contributed by atoms with Gasteiger partial charge in [0.25, 0.3) is 0 Å². The van der Waals surface area contributed by atoms with Gasteiger partial charge in [-0.1, -0.05) is 12.1 Å². The molecule has 0 spiro atoms. The van der Waals surface area contributed by atoms with Gasteiger partial charge in [-0.2, -0.15) is 4.52 Å². The van der Waals surface area contributed by atoms with Gasteiger partial charge in [0.05, 0.1) is 12.4 Å². The van der Waals surface area contributed by atoms with E-state index in [4.69, 9.17) is 0 Å². The van der Waals surface area contributed by atoms with Gasteiger partial charge in [0.15, 0.2) is 5.65 Å². The van der Waals surface area contributed by atoms with Crippen molar-refractivity contribution < 1.29 is 4.39 Å². The van der Waals surface area contributed by atoms with Gasteiger partial charge in [-0.3, -0.25) is 4.98 Å². The molecule has 3 aromatic rings. The number of tetrazole rings is 1. The molecule has 3 rings (SSSR count). The van der Waals surface area contributed by atoms with Crippen molar-refractivity contribution in [3.8, 4) is 0 Å². The van der Waals surface area contributed by atoms with Crippen molar-refractivity contribution in [2.75, 3.05) is 11.9 Å². The van der Waals surface area contributed by atoms with Gasteiger partial charge < -0.3 is 5.32 Å². The molecule has 0 aliphatic carbocycles. The molecule has 0 aliphatic heterocycles. The lowest BCUT2D eigenvalue weighted by molar-refractivity contribution is 0.625. The first kappa shape index (κ1) is 11.5. The van der Waals surface area contributed by atoms with E-state index in [1.54, 1.807) is 23.0 Å². The molecule has 1 aromatic carbocycles. The number of hydrogen-bond donors (Lipinski definition) is 1. The topological polar surface area (TPSA) is 68.0 Å². The summed E-state index contributed by atoms with van der Waals surface area (Å²) < 4.78 is 14.6. The molecule has 1 N–H and O–H groups in total. The summed E-state index contributed by atoms with van der Waals surface area (Å²) in [5.41, 5.74) is 1.51. The van der Waals surface area contributed by atoms with Gasteiger partial charge in [-0.05, 0) is 34.5 Å². The maximum atomic E-state index is 13.0. The van der Waals surface area contributed by atoms with E-state index in [-0.39, 0.29) is 5.82 Å². The number of aromatic nitrogens is 5. The average molecular weight is 258 g/mol. The zero-order valence-corrected chi connectivity index (χ0v) is 9.99. The van der Waals surface area contributed by atoms with Crippen LogP contribution in [0.25, 0.3) is 5.65 Å². The lowest BCUT2D eigenvalue weighted by Gasteiger charge is -2.06. The van der Waals surface area contributed by atoms with Crippen LogP contribution in [0.2, 0.25) is 0 Å². The summed E-state index contributed by atoms with van der Waals surface area (Å²) in [5, 5.41) is 14.4. The molecule has 0 fully saturated rings. The smallest absolute Gasteiger partial charge is 0.199 e. The third-order valence-electron chi connectivity index (χ3n) is 2.72. The first-order valence-electron chi connectivity index (χ1n) is 5.83. The molecule has 0 amide bonds. The number of nitrogens with zero attached hydrogens (tertiary/aromatic N) is 5. The summed E-state index contributed by atoms with van der Waals surface area (Å²) >= 11 is 0. The van der Waals surface area contributed by atoms with Crippen molar-refractivity contribution in [1.29, 1.82) is 0 Å². The Labute approximate surface area is 108 Å². The first-order valence-corrected chi connectivity index (χ1v) is 5.83. The van der Waals surface area contributed by atoms with Crippen molar-refractivity contribution in [2.45, 2.75) is 6.42 Å². The zero-order valence-electron chi connectivity index (χ0n) is 9.99. The van der Waals surface area contributed by atoms with Crippen molar-refractivity contribution in [2.24, 2.45) is 0 Å². The second-order valence-electron chi connectivity index (χ2n) is 4.05. The van der Waals surface area contributed by atoms with Gasteiger partial charge >= 0.3 is 0 Å². The summed E-state index contributed by atoms with van der Waals surface area (Å²) in [4.78, 5) is 4.04. The Kier molecular flexibility index (Phi) is 3.01. The van der Waals surface area contributed by atoms with Crippen LogP contribution in [-0.4, -0.2) is 31.6 Å². The monoisotopic (exact) mass is 258 g/mol. The van der Waals surface area contributed by atoms with E-state index in [9.17, 15) is 4.39 Å². The van der Waals surface area contributed by atoms with E-state index in [0.29, 0.717) is 24.4 Å². The average Bonchev–Trinajstić information content (AvgIpc) is 2.88. The number of halogens is 1. The fraction of sp³-hybridized carbons (Fsp3) is 0.167. The molecule has 0 saturated heterocycles. The number of benzene rings is 1. The van der Waals surface area contributed by atoms with E-state index in [1.165, 1.54) is 12.1 Å². The minimum Gasteiger partial charge on any atom is -0.368 e. The Bertz CT molecular complexity index is 695. The molecular formula is C12H11FN6. The van der Waals surface area contributed by atoms with Crippen molar-refractivity contribution in [3.63, 3.8) is 0 Å². The summed E-state index contributed by atoms with van der Waals surface area (Å²) in [5.74, 6) is 0.487. The van der Waals surface area contributed by atoms with E-state index in [0.717, 1.165) is 5.56 Å². The second kappa shape index (κ2) is 4.97. The Morgan fingerprint density at radius 1 is 1.26 bits per heavy atom. The molecule has 0 atom stereocenters. The molecular weight excluding hydrogens is 247 g/mol. The lowest BCUT2D eigenvalue weighted by atomic mass is 10.1. The normalized spacial score (nSPS) is 10.8. The predicted octanol–water partition coefficient (Wildman–Crippen LogP) is 1.31. The summed E-state index contributed by atoms with van der Waals surface area (Å²) in [6.45, 7) is 0.643. The zero-order chi connectivity index (χ0) is 13.1. The third-order valence-corrected chi connectivity index (χ3v) is 2.72. The Morgan fingerprint density at radius 3 is 3.11 bits per heavy atom. The largest absolute Gasteiger partial charge is 0.368 e. The minimum absolute atomic E-state index is 0.221. The lowest BCUT2D eigenvalue weighted by Crippen LogP contribution is -2.09. The fourth-order valence-corrected chi connectivity index (χ4v) is 1.82. The van der Waals surface area contributed by atoms with Crippen LogP contribution in [0.5, 0.6) is 0 Å². The summed E-state index contributed by atoms with van der Waals surface area (Å²) in [6.07, 6.45) is 3.93. The summed E-state index contributed by atoms with van der Waals surface area (Å²) in [6, 6.07) is 6.55. The van der Waals surface area contributed by atoms with Crippen LogP contribution >= 0.6 is 0 Å². The van der Waals surface area contributed by atoms with Gasteiger partial charge in [0.1, 0.15) is 11.6 Å². The molecule has 2 aromatic heterocycles. The van der Waals surface area contributed by atoms with E-state index >= 15 is 0 Å². The highest BCUT2D eigenvalue weighted by molar-refractivity contribution is 5.43. The van der Waals surface area contributed by atoms with Crippen LogP contribution < -0.4 is 5.32 Å². The van der Waals surface area contributed by atoms with Gasteiger partial charge in [-0.25, -0.2) is 4.39 Å². The first-order chi connectivity index (χ1) is 9.33. The number of hydrogen-bond acceptors (Lipinski definition) is 5. The Morgan fingerprint density at radius 2 is 2.21 bits per heavy atom. The Hall–Kier alpha value is -2.57. The Balaban J connectivity index is 1.68. The molecule has 0 saturated carbocycles. The van der Waals surface area contributed by atoms with Crippen LogP contribution in [0.3, 0.4) is 0 Å². The summed E-state index contributed by atoms with van der Waals surface area (Å²) in [7, 11) is 0. The number of nitrogens with one attached hydrogen (secondary N) is 1. The third kappa shape index (κ3) is 2.49. The SMILES string of the molecule is Fc1cccc(CCNc2cncc3nnnn23)c1. The van der Waals surface area contributed by atoms with Crippen molar-refractivity contribution >= 4 is 11.5 Å². The molecule has 2 heterocycles. The quantitative estimate of drug-likeness (QED) is 0.764.